The first kappa shape index (κ1) is 18.9. The Morgan fingerprint density at radius 2 is 2.05 bits per heavy atom. The number of amides is 1. The molecular formula is C15H27ClN4O2. The van der Waals surface area contributed by atoms with Gasteiger partial charge in [-0.15, -0.1) is 12.4 Å². The van der Waals surface area contributed by atoms with Crippen molar-refractivity contribution in [3.63, 3.8) is 0 Å². The summed E-state index contributed by atoms with van der Waals surface area (Å²) in [4.78, 5) is 16.2. The number of nitrogens with one attached hydrogen (secondary N) is 2. The summed E-state index contributed by atoms with van der Waals surface area (Å²) in [5, 5.41) is 10.4. The molecule has 0 spiro atoms. The molecule has 6 nitrogen and oxygen atoms in total. The van der Waals surface area contributed by atoms with Gasteiger partial charge in [-0.2, -0.15) is 4.98 Å². The molecule has 0 bridgehead atoms. The Bertz CT molecular complexity index is 464. The second-order valence-electron chi connectivity index (χ2n) is 6.71. The molecule has 1 amide bonds. The lowest BCUT2D eigenvalue weighted by Gasteiger charge is -2.23. The molecule has 2 N–H and O–H groups in total. The highest BCUT2D eigenvalue weighted by Crippen LogP contribution is 2.18. The molecule has 22 heavy (non-hydrogen) atoms. The van der Waals surface area contributed by atoms with Crippen molar-refractivity contribution in [2.45, 2.75) is 64.3 Å². The van der Waals surface area contributed by atoms with E-state index in [4.69, 9.17) is 4.52 Å². The number of carbonyl (C=O) groups is 1. The molecule has 1 aliphatic heterocycles. The maximum atomic E-state index is 11.9. The summed E-state index contributed by atoms with van der Waals surface area (Å²) < 4.78 is 5.22. The van der Waals surface area contributed by atoms with E-state index in [1.807, 2.05) is 20.8 Å². The van der Waals surface area contributed by atoms with Gasteiger partial charge in [-0.3, -0.25) is 4.79 Å². The van der Waals surface area contributed by atoms with Crippen molar-refractivity contribution in [2.75, 3.05) is 13.1 Å². The van der Waals surface area contributed by atoms with Crippen LogP contribution in [-0.4, -0.2) is 35.2 Å². The Morgan fingerprint density at radius 1 is 1.36 bits per heavy atom. The van der Waals surface area contributed by atoms with Crippen LogP contribution in [0.1, 0.15) is 58.2 Å². The number of rotatable bonds is 5. The maximum Gasteiger partial charge on any atom is 0.226 e. The summed E-state index contributed by atoms with van der Waals surface area (Å²) in [6, 6.07) is 0.328. The minimum Gasteiger partial charge on any atom is -0.353 e. The molecule has 0 aromatic carbocycles. The van der Waals surface area contributed by atoms with Gasteiger partial charge in [0.25, 0.3) is 0 Å². The van der Waals surface area contributed by atoms with Gasteiger partial charge in [0, 0.05) is 24.3 Å². The van der Waals surface area contributed by atoms with Crippen molar-refractivity contribution < 1.29 is 9.32 Å². The Labute approximate surface area is 138 Å². The van der Waals surface area contributed by atoms with Crippen LogP contribution in [0.2, 0.25) is 0 Å². The summed E-state index contributed by atoms with van der Waals surface area (Å²) in [7, 11) is 0. The zero-order chi connectivity index (χ0) is 15.3. The number of aryl methyl sites for hydroxylation is 1. The third-order valence-corrected chi connectivity index (χ3v) is 3.64. The number of halogens is 1. The third-order valence-electron chi connectivity index (χ3n) is 3.64. The average Bonchev–Trinajstić information content (AvgIpc) is 2.88. The lowest BCUT2D eigenvalue weighted by Crippen LogP contribution is -2.42. The zero-order valence-electron chi connectivity index (χ0n) is 13.6. The summed E-state index contributed by atoms with van der Waals surface area (Å²) in [6.07, 6.45) is 3.94. The maximum absolute atomic E-state index is 11.9. The Balaban J connectivity index is 0.00000242. The van der Waals surface area contributed by atoms with Crippen molar-refractivity contribution in [1.82, 2.24) is 20.8 Å². The molecule has 1 aliphatic rings. The van der Waals surface area contributed by atoms with Crippen LogP contribution >= 0.6 is 12.4 Å². The molecule has 2 heterocycles. The first-order chi connectivity index (χ1) is 9.95. The van der Waals surface area contributed by atoms with E-state index in [9.17, 15) is 4.79 Å². The molecule has 1 fully saturated rings. The van der Waals surface area contributed by atoms with Crippen LogP contribution < -0.4 is 10.6 Å². The SMILES string of the molecule is CC(C)(C)c1noc(CCCC(=O)NC2CCNCC2)n1.Cl. The van der Waals surface area contributed by atoms with E-state index in [-0.39, 0.29) is 23.7 Å². The molecule has 0 unspecified atom stereocenters. The lowest BCUT2D eigenvalue weighted by atomic mass is 9.96. The fraction of sp³-hybridized carbons (Fsp3) is 0.800. The van der Waals surface area contributed by atoms with Gasteiger partial charge in [0.05, 0.1) is 0 Å². The number of aromatic nitrogens is 2. The van der Waals surface area contributed by atoms with Gasteiger partial charge in [0.1, 0.15) is 0 Å². The number of carbonyl (C=O) groups excluding carboxylic acids is 1. The third kappa shape index (κ3) is 5.93. The van der Waals surface area contributed by atoms with Gasteiger partial charge in [0.2, 0.25) is 11.8 Å². The van der Waals surface area contributed by atoms with Gasteiger partial charge in [-0.05, 0) is 32.4 Å². The van der Waals surface area contributed by atoms with Crippen LogP contribution in [0.25, 0.3) is 0 Å². The van der Waals surface area contributed by atoms with E-state index in [1.165, 1.54) is 0 Å². The second-order valence-corrected chi connectivity index (χ2v) is 6.71. The highest BCUT2D eigenvalue weighted by atomic mass is 35.5. The molecule has 0 atom stereocenters. The van der Waals surface area contributed by atoms with Crippen LogP contribution in [0.5, 0.6) is 0 Å². The van der Waals surface area contributed by atoms with Gasteiger partial charge in [0.15, 0.2) is 5.82 Å². The molecular weight excluding hydrogens is 304 g/mol. The number of hydrogen-bond donors (Lipinski definition) is 2. The quantitative estimate of drug-likeness (QED) is 0.863. The van der Waals surface area contributed by atoms with Crippen molar-refractivity contribution in [1.29, 1.82) is 0 Å². The average molecular weight is 331 g/mol. The van der Waals surface area contributed by atoms with E-state index in [1.54, 1.807) is 0 Å². The minimum atomic E-state index is -0.103. The highest BCUT2D eigenvalue weighted by Gasteiger charge is 2.21. The van der Waals surface area contributed by atoms with Crippen molar-refractivity contribution >= 4 is 18.3 Å². The molecule has 1 saturated heterocycles. The molecule has 0 saturated carbocycles. The Hall–Kier alpha value is -1.14. The van der Waals surface area contributed by atoms with Crippen molar-refractivity contribution in [3.8, 4) is 0 Å². The van der Waals surface area contributed by atoms with E-state index >= 15 is 0 Å². The van der Waals surface area contributed by atoms with Crippen molar-refractivity contribution in [2.24, 2.45) is 0 Å². The molecule has 0 aliphatic carbocycles. The summed E-state index contributed by atoms with van der Waals surface area (Å²) in [5.74, 6) is 1.46. The molecule has 126 valence electrons. The predicted molar refractivity (Wildman–Crippen MR) is 87.2 cm³/mol. The van der Waals surface area contributed by atoms with E-state index < -0.39 is 0 Å². The fourth-order valence-electron chi connectivity index (χ4n) is 2.33. The fourth-order valence-corrected chi connectivity index (χ4v) is 2.33. The molecule has 2 rings (SSSR count). The van der Waals surface area contributed by atoms with Crippen LogP contribution in [0.3, 0.4) is 0 Å². The van der Waals surface area contributed by atoms with E-state index in [2.05, 4.69) is 20.8 Å². The van der Waals surface area contributed by atoms with Crippen LogP contribution in [0.4, 0.5) is 0 Å². The summed E-state index contributed by atoms with van der Waals surface area (Å²) in [5.41, 5.74) is -0.103. The topological polar surface area (TPSA) is 80.0 Å². The van der Waals surface area contributed by atoms with E-state index in [0.29, 0.717) is 24.8 Å². The first-order valence-corrected chi connectivity index (χ1v) is 7.78. The van der Waals surface area contributed by atoms with Crippen molar-refractivity contribution in [3.05, 3.63) is 11.7 Å². The van der Waals surface area contributed by atoms with Gasteiger partial charge < -0.3 is 15.2 Å². The molecule has 1 aromatic heterocycles. The van der Waals surface area contributed by atoms with Gasteiger partial charge >= 0.3 is 0 Å². The van der Waals surface area contributed by atoms with Gasteiger partial charge in [-0.1, -0.05) is 25.9 Å². The largest absolute Gasteiger partial charge is 0.353 e. The van der Waals surface area contributed by atoms with Crippen LogP contribution in [-0.2, 0) is 16.6 Å². The summed E-state index contributed by atoms with van der Waals surface area (Å²) in [6.45, 7) is 8.13. The number of piperidine rings is 1. The van der Waals surface area contributed by atoms with E-state index in [0.717, 1.165) is 38.2 Å². The second kappa shape index (κ2) is 8.48. The standard InChI is InChI=1S/C15H26N4O2.ClH/c1-15(2,3)14-18-13(21-19-14)6-4-5-12(20)17-11-7-9-16-10-8-11;/h11,16H,4-10H2,1-3H3,(H,17,20);1H. The number of nitrogens with zero attached hydrogens (tertiary/aromatic N) is 2. The predicted octanol–water partition coefficient (Wildman–Crippen LogP) is 1.98. The highest BCUT2D eigenvalue weighted by molar-refractivity contribution is 5.85. The Kier molecular flexibility index (Phi) is 7.29. The molecule has 0 radical (unpaired) electrons. The van der Waals surface area contributed by atoms with Crippen LogP contribution in [0.15, 0.2) is 4.52 Å². The molecule has 7 heteroatoms. The van der Waals surface area contributed by atoms with Crippen LogP contribution in [0, 0.1) is 0 Å². The smallest absolute Gasteiger partial charge is 0.226 e. The number of hydrogen-bond acceptors (Lipinski definition) is 5. The monoisotopic (exact) mass is 330 g/mol. The minimum absolute atomic E-state index is 0. The Morgan fingerprint density at radius 3 is 2.64 bits per heavy atom. The normalized spacial score (nSPS) is 16.1. The zero-order valence-corrected chi connectivity index (χ0v) is 14.5. The lowest BCUT2D eigenvalue weighted by molar-refractivity contribution is -0.122. The first-order valence-electron chi connectivity index (χ1n) is 7.78. The summed E-state index contributed by atoms with van der Waals surface area (Å²) >= 11 is 0. The molecule has 1 aromatic rings. The van der Waals surface area contributed by atoms with Gasteiger partial charge in [-0.25, -0.2) is 0 Å².